The summed E-state index contributed by atoms with van der Waals surface area (Å²) in [4.78, 5) is 22.3. The highest BCUT2D eigenvalue weighted by atomic mass is 31.2. The van der Waals surface area contributed by atoms with Crippen LogP contribution in [0.25, 0.3) is 6.08 Å². The standard InChI is InChI=1S/C6H6F3N2O4P/c7-6(8,9)4(15-16(12,13)14)3-5-10-1-2-11-5/h1-3H,(H,10,11)(H2,12,13,14). The van der Waals surface area contributed by atoms with Crippen molar-refractivity contribution in [2.45, 2.75) is 6.18 Å². The lowest BCUT2D eigenvalue weighted by molar-refractivity contribution is -0.117. The summed E-state index contributed by atoms with van der Waals surface area (Å²) in [6.45, 7) is 0. The molecule has 1 aromatic rings. The van der Waals surface area contributed by atoms with Crippen LogP contribution in [0, 0.1) is 0 Å². The van der Waals surface area contributed by atoms with Gasteiger partial charge in [-0.05, 0) is 0 Å². The minimum atomic E-state index is -5.27. The molecule has 1 heterocycles. The number of allylic oxidation sites excluding steroid dienone is 1. The number of aromatic nitrogens is 2. The molecule has 16 heavy (non-hydrogen) atoms. The second kappa shape index (κ2) is 4.28. The average Bonchev–Trinajstić information content (AvgIpc) is 2.51. The Balaban J connectivity index is 3.02. The van der Waals surface area contributed by atoms with Crippen molar-refractivity contribution >= 4 is 13.9 Å². The lowest BCUT2D eigenvalue weighted by Crippen LogP contribution is -2.14. The van der Waals surface area contributed by atoms with Crippen LogP contribution in [0.3, 0.4) is 0 Å². The zero-order chi connectivity index (χ0) is 12.4. The van der Waals surface area contributed by atoms with Crippen molar-refractivity contribution in [3.05, 3.63) is 24.0 Å². The molecule has 0 saturated carbocycles. The summed E-state index contributed by atoms with van der Waals surface area (Å²) in [5.74, 6) is -2.06. The van der Waals surface area contributed by atoms with Crippen molar-refractivity contribution < 1.29 is 32.0 Å². The molecule has 0 aromatic carbocycles. The zero-order valence-corrected chi connectivity index (χ0v) is 8.37. The normalized spacial score (nSPS) is 13.9. The molecule has 0 atom stereocenters. The summed E-state index contributed by atoms with van der Waals surface area (Å²) in [5.41, 5.74) is 0. The number of hydrogen-bond acceptors (Lipinski definition) is 3. The summed E-state index contributed by atoms with van der Waals surface area (Å²) in [5, 5.41) is 0. The van der Waals surface area contributed by atoms with E-state index in [2.05, 4.69) is 14.5 Å². The van der Waals surface area contributed by atoms with Crippen molar-refractivity contribution in [2.24, 2.45) is 0 Å². The highest BCUT2D eigenvalue weighted by Gasteiger charge is 2.40. The van der Waals surface area contributed by atoms with Crippen LogP contribution in [0.5, 0.6) is 0 Å². The summed E-state index contributed by atoms with van der Waals surface area (Å²) in [7, 11) is -5.27. The van der Waals surface area contributed by atoms with Crippen molar-refractivity contribution in [1.29, 1.82) is 0 Å². The minimum Gasteiger partial charge on any atom is -0.399 e. The van der Waals surface area contributed by atoms with Gasteiger partial charge in [0.1, 0.15) is 5.82 Å². The van der Waals surface area contributed by atoms with Gasteiger partial charge in [-0.1, -0.05) is 0 Å². The number of nitrogens with zero attached hydrogens (tertiary/aromatic N) is 1. The Kier molecular flexibility index (Phi) is 3.41. The monoisotopic (exact) mass is 258 g/mol. The van der Waals surface area contributed by atoms with Crippen LogP contribution in [-0.2, 0) is 9.09 Å². The molecule has 0 radical (unpaired) electrons. The van der Waals surface area contributed by atoms with E-state index in [1.54, 1.807) is 0 Å². The van der Waals surface area contributed by atoms with Gasteiger partial charge >= 0.3 is 14.0 Å². The number of nitrogens with one attached hydrogen (secondary N) is 1. The van der Waals surface area contributed by atoms with Gasteiger partial charge < -0.3 is 9.51 Å². The Morgan fingerprint density at radius 3 is 2.56 bits per heavy atom. The summed E-state index contributed by atoms with van der Waals surface area (Å²) < 4.78 is 50.6. The van der Waals surface area contributed by atoms with Crippen LogP contribution >= 0.6 is 7.82 Å². The van der Waals surface area contributed by atoms with Crippen LogP contribution in [0.15, 0.2) is 18.2 Å². The predicted molar refractivity (Wildman–Crippen MR) is 45.7 cm³/mol. The highest BCUT2D eigenvalue weighted by Crippen LogP contribution is 2.44. The number of imidazole rings is 1. The molecule has 90 valence electrons. The summed E-state index contributed by atoms with van der Waals surface area (Å²) in [6.07, 6.45) is -2.25. The molecule has 0 spiro atoms. The fourth-order valence-corrected chi connectivity index (χ4v) is 1.18. The Morgan fingerprint density at radius 1 is 1.56 bits per heavy atom. The lowest BCUT2D eigenvalue weighted by atomic mass is 10.4. The first-order valence-electron chi connectivity index (χ1n) is 3.72. The maximum absolute atomic E-state index is 12.3. The summed E-state index contributed by atoms with van der Waals surface area (Å²) in [6, 6.07) is 0. The Hall–Kier alpha value is -1.31. The number of hydrogen-bond donors (Lipinski definition) is 3. The van der Waals surface area contributed by atoms with Gasteiger partial charge in [0.2, 0.25) is 5.76 Å². The lowest BCUT2D eigenvalue weighted by Gasteiger charge is -2.13. The first-order chi connectivity index (χ1) is 7.18. The molecule has 10 heteroatoms. The summed E-state index contributed by atoms with van der Waals surface area (Å²) >= 11 is 0. The van der Waals surface area contributed by atoms with E-state index in [9.17, 15) is 17.7 Å². The van der Waals surface area contributed by atoms with E-state index in [0.717, 1.165) is 0 Å². The van der Waals surface area contributed by atoms with Gasteiger partial charge in [0.25, 0.3) is 0 Å². The number of alkyl halides is 3. The fraction of sp³-hybridized carbons (Fsp3) is 0.167. The quantitative estimate of drug-likeness (QED) is 0.563. The third-order valence-corrected chi connectivity index (χ3v) is 1.72. The average molecular weight is 258 g/mol. The molecule has 0 aliphatic rings. The number of halogens is 3. The fourth-order valence-electron chi connectivity index (χ4n) is 0.769. The third-order valence-electron chi connectivity index (χ3n) is 1.28. The van der Waals surface area contributed by atoms with Gasteiger partial charge in [0.15, 0.2) is 0 Å². The molecule has 0 bridgehead atoms. The van der Waals surface area contributed by atoms with Gasteiger partial charge in [-0.15, -0.1) is 0 Å². The first-order valence-corrected chi connectivity index (χ1v) is 5.25. The number of rotatable bonds is 3. The number of phosphoric ester groups is 1. The topological polar surface area (TPSA) is 95.4 Å². The van der Waals surface area contributed by atoms with E-state index in [0.29, 0.717) is 6.08 Å². The molecular formula is C6H6F3N2O4P. The van der Waals surface area contributed by atoms with E-state index in [1.165, 1.54) is 12.4 Å². The van der Waals surface area contributed by atoms with Crippen LogP contribution < -0.4 is 0 Å². The molecule has 0 saturated heterocycles. The smallest absolute Gasteiger partial charge is 0.399 e. The second-order valence-electron chi connectivity index (χ2n) is 2.56. The predicted octanol–water partition coefficient (Wildman–Crippen LogP) is 1.42. The van der Waals surface area contributed by atoms with E-state index in [1.807, 2.05) is 0 Å². The van der Waals surface area contributed by atoms with E-state index in [4.69, 9.17) is 9.79 Å². The Morgan fingerprint density at radius 2 is 2.19 bits per heavy atom. The maximum atomic E-state index is 12.3. The molecule has 0 amide bonds. The Bertz CT molecular complexity index is 421. The number of H-pyrrole nitrogens is 1. The van der Waals surface area contributed by atoms with Crippen LogP contribution in [0.1, 0.15) is 5.82 Å². The molecule has 1 rings (SSSR count). The van der Waals surface area contributed by atoms with Crippen LogP contribution in [-0.4, -0.2) is 25.9 Å². The van der Waals surface area contributed by atoms with Crippen molar-refractivity contribution in [2.75, 3.05) is 0 Å². The maximum Gasteiger partial charge on any atom is 0.524 e. The van der Waals surface area contributed by atoms with Gasteiger partial charge in [-0.2, -0.15) is 13.2 Å². The van der Waals surface area contributed by atoms with Gasteiger partial charge in [-0.25, -0.2) is 9.55 Å². The van der Waals surface area contributed by atoms with Crippen molar-refractivity contribution in [1.82, 2.24) is 9.97 Å². The van der Waals surface area contributed by atoms with Crippen LogP contribution in [0.2, 0.25) is 0 Å². The molecule has 0 unspecified atom stereocenters. The van der Waals surface area contributed by atoms with Gasteiger partial charge in [0.05, 0.1) is 0 Å². The zero-order valence-electron chi connectivity index (χ0n) is 7.47. The molecule has 0 fully saturated rings. The molecule has 3 N–H and O–H groups in total. The number of phosphoric acid groups is 1. The number of aromatic amines is 1. The SMILES string of the molecule is O=P(O)(O)OC(=Cc1ncc[nH]1)C(F)(F)F. The third kappa shape index (κ3) is 4.05. The van der Waals surface area contributed by atoms with Gasteiger partial charge in [0, 0.05) is 18.5 Å². The molecular weight excluding hydrogens is 252 g/mol. The molecule has 6 nitrogen and oxygen atoms in total. The molecule has 1 aromatic heterocycles. The van der Waals surface area contributed by atoms with Crippen molar-refractivity contribution in [3.8, 4) is 0 Å². The highest BCUT2D eigenvalue weighted by molar-refractivity contribution is 7.46. The van der Waals surface area contributed by atoms with E-state index < -0.39 is 19.8 Å². The van der Waals surface area contributed by atoms with Crippen LogP contribution in [0.4, 0.5) is 13.2 Å². The largest absolute Gasteiger partial charge is 0.524 e. The van der Waals surface area contributed by atoms with E-state index in [-0.39, 0.29) is 5.82 Å². The second-order valence-corrected chi connectivity index (χ2v) is 3.73. The minimum absolute atomic E-state index is 0.235. The van der Waals surface area contributed by atoms with Crippen molar-refractivity contribution in [3.63, 3.8) is 0 Å². The molecule has 0 aliphatic carbocycles. The first kappa shape index (κ1) is 12.8. The van der Waals surface area contributed by atoms with Gasteiger partial charge in [-0.3, -0.25) is 9.79 Å². The Labute approximate surface area is 87.0 Å². The molecule has 0 aliphatic heterocycles. The van der Waals surface area contributed by atoms with E-state index >= 15 is 0 Å².